The van der Waals surface area contributed by atoms with E-state index in [0.29, 0.717) is 32.5 Å². The van der Waals surface area contributed by atoms with Gasteiger partial charge in [0.25, 0.3) is 0 Å². The van der Waals surface area contributed by atoms with Gasteiger partial charge in [-0.2, -0.15) is 0 Å². The Bertz CT molecular complexity index is 795. The molecule has 0 bridgehead atoms. The van der Waals surface area contributed by atoms with Crippen molar-refractivity contribution in [1.82, 2.24) is 4.90 Å². The van der Waals surface area contributed by atoms with Crippen LogP contribution in [-0.4, -0.2) is 29.7 Å². The Kier molecular flexibility index (Phi) is 3.96. The van der Waals surface area contributed by atoms with Crippen LogP contribution in [0.15, 0.2) is 42.5 Å². The van der Waals surface area contributed by atoms with Crippen LogP contribution >= 0.6 is 0 Å². The number of amides is 1. The van der Waals surface area contributed by atoms with Crippen molar-refractivity contribution in [2.75, 3.05) is 13.1 Å². The summed E-state index contributed by atoms with van der Waals surface area (Å²) in [4.78, 5) is 13.3. The molecule has 2 aromatic rings. The Morgan fingerprint density at radius 3 is 2.44 bits per heavy atom. The highest BCUT2D eigenvalue weighted by atomic mass is 19.1. The molecule has 2 aliphatic rings. The number of carbonyl (C=O) groups excluding carboxylic acids is 1. The molecule has 0 radical (unpaired) electrons. The van der Waals surface area contributed by atoms with E-state index in [4.69, 9.17) is 9.47 Å². The van der Waals surface area contributed by atoms with Gasteiger partial charge in [0.2, 0.25) is 11.7 Å². The number of piperidine rings is 1. The molecule has 0 aliphatic carbocycles. The number of nitrogens with zero attached hydrogens (tertiary/aromatic N) is 1. The molecule has 0 N–H and O–H groups in total. The number of hydrogen-bond acceptors (Lipinski definition) is 3. The van der Waals surface area contributed by atoms with Gasteiger partial charge in [-0.05, 0) is 35.4 Å². The lowest BCUT2D eigenvalue weighted by atomic mass is 9.99. The lowest BCUT2D eigenvalue weighted by Crippen LogP contribution is -2.52. The minimum Gasteiger partial charge on any atom is -0.462 e. The average Bonchev–Trinajstić information content (AvgIpc) is 2.62. The van der Waals surface area contributed by atoms with Crippen LogP contribution in [-0.2, 0) is 16.1 Å². The Labute approximate surface area is 146 Å². The van der Waals surface area contributed by atoms with Crippen molar-refractivity contribution in [3.8, 4) is 16.9 Å². The Balaban J connectivity index is 1.53. The van der Waals surface area contributed by atoms with Crippen LogP contribution in [0, 0.1) is 5.82 Å². The predicted octanol–water partition coefficient (Wildman–Crippen LogP) is 3.74. The Hall–Kier alpha value is -2.40. The number of hydrogen-bond donors (Lipinski definition) is 0. The summed E-state index contributed by atoms with van der Waals surface area (Å²) in [6.07, 6.45) is 1.34. The van der Waals surface area contributed by atoms with Gasteiger partial charge in [0.1, 0.15) is 11.6 Å². The molecule has 4 nitrogen and oxygen atoms in total. The van der Waals surface area contributed by atoms with E-state index in [1.807, 2.05) is 23.1 Å². The highest BCUT2D eigenvalue weighted by molar-refractivity contribution is 5.73. The Morgan fingerprint density at radius 2 is 1.76 bits per heavy atom. The van der Waals surface area contributed by atoms with Crippen LogP contribution < -0.4 is 4.74 Å². The fourth-order valence-electron chi connectivity index (χ4n) is 3.46. The molecule has 0 saturated carbocycles. The van der Waals surface area contributed by atoms with Crippen molar-refractivity contribution in [1.29, 1.82) is 0 Å². The summed E-state index contributed by atoms with van der Waals surface area (Å²) in [7, 11) is 0. The second-order valence-corrected chi connectivity index (χ2v) is 6.64. The van der Waals surface area contributed by atoms with Crippen molar-refractivity contribution in [2.45, 2.75) is 32.2 Å². The van der Waals surface area contributed by atoms with Gasteiger partial charge in [0.05, 0.1) is 6.61 Å². The van der Waals surface area contributed by atoms with Crippen LogP contribution in [0.25, 0.3) is 11.1 Å². The zero-order valence-corrected chi connectivity index (χ0v) is 14.1. The van der Waals surface area contributed by atoms with Crippen LogP contribution in [0.2, 0.25) is 0 Å². The van der Waals surface area contributed by atoms with Crippen molar-refractivity contribution in [3.63, 3.8) is 0 Å². The number of likely N-dealkylation sites (tertiary alicyclic amines) is 1. The number of carbonyl (C=O) groups is 1. The molecule has 0 unspecified atom stereocenters. The number of halogens is 1. The molecular formula is C20H20FNO3. The summed E-state index contributed by atoms with van der Waals surface area (Å²) in [5.74, 6) is 0.0479. The van der Waals surface area contributed by atoms with Gasteiger partial charge in [-0.3, -0.25) is 4.79 Å². The highest BCUT2D eigenvalue weighted by Gasteiger charge is 2.41. The monoisotopic (exact) mass is 341 g/mol. The number of rotatable bonds is 1. The third-order valence-corrected chi connectivity index (χ3v) is 5.00. The first-order valence-corrected chi connectivity index (χ1v) is 8.52. The van der Waals surface area contributed by atoms with E-state index in [1.165, 1.54) is 12.1 Å². The predicted molar refractivity (Wildman–Crippen MR) is 91.5 cm³/mol. The number of ether oxygens (including phenoxy) is 2. The summed E-state index contributed by atoms with van der Waals surface area (Å²) >= 11 is 0. The lowest BCUT2D eigenvalue weighted by Gasteiger charge is -2.43. The molecule has 0 aromatic heterocycles. The van der Waals surface area contributed by atoms with E-state index in [1.54, 1.807) is 19.1 Å². The smallest absolute Gasteiger partial charge is 0.219 e. The van der Waals surface area contributed by atoms with Gasteiger partial charge in [0.15, 0.2) is 0 Å². The Morgan fingerprint density at radius 1 is 1.08 bits per heavy atom. The van der Waals surface area contributed by atoms with E-state index < -0.39 is 5.79 Å². The SMILES string of the molecule is CC(=O)N1CCC2(CC1)OCc1cc(-c3ccc(F)cc3)ccc1O2. The fraction of sp³-hybridized carbons (Fsp3) is 0.350. The van der Waals surface area contributed by atoms with Crippen LogP contribution in [0.4, 0.5) is 4.39 Å². The standard InChI is InChI=1S/C20H20FNO3/c1-14(23)22-10-8-20(9-11-22)24-13-17-12-16(4-7-19(17)25-20)15-2-5-18(21)6-3-15/h2-7,12H,8-11,13H2,1H3. The first-order valence-electron chi connectivity index (χ1n) is 8.52. The molecule has 4 rings (SSSR count). The van der Waals surface area contributed by atoms with Gasteiger partial charge in [0, 0.05) is 38.4 Å². The van der Waals surface area contributed by atoms with Crippen LogP contribution in [0.1, 0.15) is 25.3 Å². The van der Waals surface area contributed by atoms with Gasteiger partial charge < -0.3 is 14.4 Å². The van der Waals surface area contributed by atoms with Crippen molar-refractivity contribution >= 4 is 5.91 Å². The van der Waals surface area contributed by atoms with Gasteiger partial charge in [-0.1, -0.05) is 18.2 Å². The minimum absolute atomic E-state index is 0.0926. The molecule has 2 aromatic carbocycles. The molecule has 1 spiro atoms. The summed E-state index contributed by atoms with van der Waals surface area (Å²) in [6, 6.07) is 12.4. The molecule has 1 amide bonds. The van der Waals surface area contributed by atoms with E-state index >= 15 is 0 Å². The second-order valence-electron chi connectivity index (χ2n) is 6.64. The third-order valence-electron chi connectivity index (χ3n) is 5.00. The summed E-state index contributed by atoms with van der Waals surface area (Å²) in [5, 5.41) is 0. The minimum atomic E-state index is -0.629. The van der Waals surface area contributed by atoms with Crippen LogP contribution in [0.5, 0.6) is 5.75 Å². The van der Waals surface area contributed by atoms with E-state index in [0.717, 1.165) is 22.4 Å². The van der Waals surface area contributed by atoms with E-state index in [9.17, 15) is 9.18 Å². The van der Waals surface area contributed by atoms with Crippen molar-refractivity contribution < 1.29 is 18.7 Å². The molecule has 0 atom stereocenters. The first-order chi connectivity index (χ1) is 12.0. The normalized spacial score (nSPS) is 18.6. The molecule has 2 aliphatic heterocycles. The first kappa shape index (κ1) is 16.1. The quantitative estimate of drug-likeness (QED) is 0.793. The average molecular weight is 341 g/mol. The maximum Gasteiger partial charge on any atom is 0.219 e. The second kappa shape index (κ2) is 6.15. The molecule has 25 heavy (non-hydrogen) atoms. The zero-order valence-electron chi connectivity index (χ0n) is 14.1. The van der Waals surface area contributed by atoms with E-state index in [2.05, 4.69) is 0 Å². The number of benzene rings is 2. The lowest BCUT2D eigenvalue weighted by molar-refractivity contribution is -0.227. The van der Waals surface area contributed by atoms with Gasteiger partial charge >= 0.3 is 0 Å². The zero-order chi connectivity index (χ0) is 17.4. The van der Waals surface area contributed by atoms with Crippen molar-refractivity contribution in [3.05, 3.63) is 53.8 Å². The molecule has 2 heterocycles. The topological polar surface area (TPSA) is 38.8 Å². The number of fused-ring (bicyclic) bond motifs is 1. The summed E-state index contributed by atoms with van der Waals surface area (Å²) in [6.45, 7) is 3.37. The summed E-state index contributed by atoms with van der Waals surface area (Å²) in [5.41, 5.74) is 2.95. The van der Waals surface area contributed by atoms with Crippen LogP contribution in [0.3, 0.4) is 0 Å². The fourth-order valence-corrected chi connectivity index (χ4v) is 3.46. The highest BCUT2D eigenvalue weighted by Crippen LogP contribution is 2.39. The molecule has 1 fully saturated rings. The van der Waals surface area contributed by atoms with E-state index in [-0.39, 0.29) is 11.7 Å². The molecule has 5 heteroatoms. The largest absolute Gasteiger partial charge is 0.462 e. The molecule has 1 saturated heterocycles. The molecular weight excluding hydrogens is 321 g/mol. The van der Waals surface area contributed by atoms with Crippen molar-refractivity contribution in [2.24, 2.45) is 0 Å². The molecule has 130 valence electrons. The maximum atomic E-state index is 13.1. The third kappa shape index (κ3) is 3.12. The van der Waals surface area contributed by atoms with Gasteiger partial charge in [-0.25, -0.2) is 4.39 Å². The van der Waals surface area contributed by atoms with Gasteiger partial charge in [-0.15, -0.1) is 0 Å². The maximum absolute atomic E-state index is 13.1. The summed E-state index contributed by atoms with van der Waals surface area (Å²) < 4.78 is 25.3.